The Balaban J connectivity index is 2.12. The molecule has 0 N–H and O–H groups in total. The number of hydrogen-bond acceptors (Lipinski definition) is 2. The lowest BCUT2D eigenvalue weighted by Crippen LogP contribution is -2.15. The first-order chi connectivity index (χ1) is 9.58. The average molecular weight is 265 g/mol. The highest BCUT2D eigenvalue weighted by Gasteiger charge is 2.14. The number of fused-ring (bicyclic) bond motifs is 1. The first-order valence-corrected chi connectivity index (χ1v) is 6.80. The zero-order valence-electron chi connectivity index (χ0n) is 12.4. The van der Waals surface area contributed by atoms with E-state index < -0.39 is 0 Å². The van der Waals surface area contributed by atoms with Crippen LogP contribution in [0.25, 0.3) is 11.0 Å². The lowest BCUT2D eigenvalue weighted by molar-refractivity contribution is 0.908. The fourth-order valence-electron chi connectivity index (χ4n) is 2.72. The Morgan fingerprint density at radius 2 is 1.80 bits per heavy atom. The maximum atomic E-state index is 4.74. The minimum absolute atomic E-state index is 0.957. The minimum atomic E-state index is 0.957. The van der Waals surface area contributed by atoms with Crippen LogP contribution in [-0.4, -0.2) is 16.6 Å². The second-order valence-corrected chi connectivity index (χ2v) is 5.31. The van der Waals surface area contributed by atoms with E-state index in [2.05, 4.69) is 67.7 Å². The Labute approximate surface area is 119 Å². The number of imidazole rings is 1. The molecule has 20 heavy (non-hydrogen) atoms. The van der Waals surface area contributed by atoms with Crippen LogP contribution >= 0.6 is 0 Å². The van der Waals surface area contributed by atoms with Gasteiger partial charge in [0.15, 0.2) is 0 Å². The fourth-order valence-corrected chi connectivity index (χ4v) is 2.72. The van der Waals surface area contributed by atoms with Crippen LogP contribution in [0.3, 0.4) is 0 Å². The summed E-state index contributed by atoms with van der Waals surface area (Å²) in [5.74, 6) is 0.957. The first-order valence-electron chi connectivity index (χ1n) is 6.80. The molecule has 0 unspecified atom stereocenters. The summed E-state index contributed by atoms with van der Waals surface area (Å²) in [6.45, 7) is 4.26. The molecule has 0 spiro atoms. The molecule has 3 rings (SSSR count). The van der Waals surface area contributed by atoms with E-state index in [1.54, 1.807) is 0 Å². The van der Waals surface area contributed by atoms with Gasteiger partial charge in [0.1, 0.15) is 0 Å². The van der Waals surface area contributed by atoms with Gasteiger partial charge in [-0.05, 0) is 37.6 Å². The van der Waals surface area contributed by atoms with Crippen molar-refractivity contribution < 1.29 is 0 Å². The van der Waals surface area contributed by atoms with Gasteiger partial charge in [0, 0.05) is 19.8 Å². The van der Waals surface area contributed by atoms with Crippen LogP contribution in [-0.2, 0) is 7.05 Å². The zero-order valence-corrected chi connectivity index (χ0v) is 12.4. The van der Waals surface area contributed by atoms with Gasteiger partial charge in [-0.1, -0.05) is 29.8 Å². The van der Waals surface area contributed by atoms with Crippen LogP contribution in [0.1, 0.15) is 11.1 Å². The van der Waals surface area contributed by atoms with Crippen LogP contribution in [0.4, 0.5) is 11.6 Å². The molecular formula is C17H19N3. The number of para-hydroxylation sites is 2. The highest BCUT2D eigenvalue weighted by molar-refractivity contribution is 5.80. The summed E-state index contributed by atoms with van der Waals surface area (Å²) >= 11 is 0. The van der Waals surface area contributed by atoms with Gasteiger partial charge >= 0.3 is 0 Å². The van der Waals surface area contributed by atoms with Crippen molar-refractivity contribution in [1.82, 2.24) is 9.55 Å². The van der Waals surface area contributed by atoms with E-state index in [1.165, 1.54) is 16.8 Å². The van der Waals surface area contributed by atoms with E-state index in [9.17, 15) is 0 Å². The number of aryl methyl sites for hydroxylation is 3. The van der Waals surface area contributed by atoms with Gasteiger partial charge in [0.05, 0.1) is 11.0 Å². The third kappa shape index (κ3) is 1.95. The second kappa shape index (κ2) is 4.67. The Hall–Kier alpha value is -2.29. The molecule has 0 fully saturated rings. The standard InChI is InChI=1S/C17H19N3/c1-12-9-10-15(13(2)11-12)19(3)17-18-14-7-5-6-8-16(14)20(17)4/h5-11H,1-4H3. The monoisotopic (exact) mass is 265 g/mol. The summed E-state index contributed by atoms with van der Waals surface area (Å²) in [6.07, 6.45) is 0. The van der Waals surface area contributed by atoms with Crippen LogP contribution in [0.2, 0.25) is 0 Å². The van der Waals surface area contributed by atoms with E-state index in [-0.39, 0.29) is 0 Å². The van der Waals surface area contributed by atoms with Crippen LogP contribution < -0.4 is 4.90 Å². The Bertz CT molecular complexity index is 771. The summed E-state index contributed by atoms with van der Waals surface area (Å²) in [5.41, 5.74) is 5.92. The maximum absolute atomic E-state index is 4.74. The summed E-state index contributed by atoms with van der Waals surface area (Å²) < 4.78 is 2.13. The van der Waals surface area contributed by atoms with E-state index in [4.69, 9.17) is 4.98 Å². The van der Waals surface area contributed by atoms with Gasteiger partial charge in [0.2, 0.25) is 5.95 Å². The quantitative estimate of drug-likeness (QED) is 0.699. The van der Waals surface area contributed by atoms with E-state index in [0.717, 1.165) is 17.0 Å². The minimum Gasteiger partial charge on any atom is -0.315 e. The van der Waals surface area contributed by atoms with E-state index >= 15 is 0 Å². The molecule has 0 aliphatic carbocycles. The number of benzene rings is 2. The maximum Gasteiger partial charge on any atom is 0.210 e. The second-order valence-electron chi connectivity index (χ2n) is 5.31. The third-order valence-electron chi connectivity index (χ3n) is 3.78. The van der Waals surface area contributed by atoms with Crippen LogP contribution in [0, 0.1) is 13.8 Å². The Kier molecular flexibility index (Phi) is 2.97. The lowest BCUT2D eigenvalue weighted by atomic mass is 10.1. The smallest absolute Gasteiger partial charge is 0.210 e. The Morgan fingerprint density at radius 3 is 2.50 bits per heavy atom. The number of anilines is 2. The fraction of sp³-hybridized carbons (Fsp3) is 0.235. The highest BCUT2D eigenvalue weighted by atomic mass is 15.3. The van der Waals surface area contributed by atoms with Gasteiger partial charge in [-0.15, -0.1) is 0 Å². The number of nitrogens with zero attached hydrogens (tertiary/aromatic N) is 3. The van der Waals surface area contributed by atoms with Gasteiger partial charge in [-0.2, -0.15) is 0 Å². The van der Waals surface area contributed by atoms with Crippen molar-refractivity contribution in [3.8, 4) is 0 Å². The predicted molar refractivity (Wildman–Crippen MR) is 84.7 cm³/mol. The molecule has 0 saturated heterocycles. The normalized spacial score (nSPS) is 11.0. The van der Waals surface area contributed by atoms with Gasteiger partial charge in [0.25, 0.3) is 0 Å². The Morgan fingerprint density at radius 1 is 1.05 bits per heavy atom. The van der Waals surface area contributed by atoms with Gasteiger partial charge in [-0.3, -0.25) is 0 Å². The van der Waals surface area contributed by atoms with Crippen molar-refractivity contribution in [3.63, 3.8) is 0 Å². The van der Waals surface area contributed by atoms with Crippen molar-refractivity contribution in [2.75, 3.05) is 11.9 Å². The summed E-state index contributed by atoms with van der Waals surface area (Å²) in [7, 11) is 4.13. The summed E-state index contributed by atoms with van der Waals surface area (Å²) in [5, 5.41) is 0. The van der Waals surface area contributed by atoms with Crippen LogP contribution in [0.5, 0.6) is 0 Å². The van der Waals surface area contributed by atoms with Crippen LogP contribution in [0.15, 0.2) is 42.5 Å². The topological polar surface area (TPSA) is 21.1 Å². The summed E-state index contributed by atoms with van der Waals surface area (Å²) in [6, 6.07) is 14.7. The molecule has 0 aliphatic heterocycles. The van der Waals surface area contributed by atoms with Gasteiger partial charge in [-0.25, -0.2) is 4.98 Å². The molecule has 3 heteroatoms. The molecule has 0 radical (unpaired) electrons. The van der Waals surface area contributed by atoms with Crippen molar-refractivity contribution in [3.05, 3.63) is 53.6 Å². The highest BCUT2D eigenvalue weighted by Crippen LogP contribution is 2.28. The molecule has 102 valence electrons. The molecule has 0 aliphatic rings. The average Bonchev–Trinajstić information content (AvgIpc) is 2.76. The predicted octanol–water partition coefficient (Wildman–Crippen LogP) is 3.96. The first kappa shape index (κ1) is 12.7. The molecule has 0 atom stereocenters. The molecule has 1 heterocycles. The van der Waals surface area contributed by atoms with Crippen molar-refractivity contribution in [2.45, 2.75) is 13.8 Å². The van der Waals surface area contributed by atoms with Crippen molar-refractivity contribution in [1.29, 1.82) is 0 Å². The molecule has 0 bridgehead atoms. The molecule has 1 aromatic heterocycles. The van der Waals surface area contributed by atoms with E-state index in [1.807, 2.05) is 12.1 Å². The molecule has 0 saturated carbocycles. The van der Waals surface area contributed by atoms with E-state index in [0.29, 0.717) is 0 Å². The molecule has 2 aromatic carbocycles. The lowest BCUT2D eigenvalue weighted by Gasteiger charge is -2.20. The SMILES string of the molecule is Cc1ccc(N(C)c2nc3ccccc3n2C)c(C)c1. The van der Waals surface area contributed by atoms with Gasteiger partial charge < -0.3 is 9.47 Å². The van der Waals surface area contributed by atoms with Crippen molar-refractivity contribution >= 4 is 22.7 Å². The largest absolute Gasteiger partial charge is 0.315 e. The number of aromatic nitrogens is 2. The molecule has 3 aromatic rings. The number of hydrogen-bond donors (Lipinski definition) is 0. The number of rotatable bonds is 2. The third-order valence-corrected chi connectivity index (χ3v) is 3.78. The summed E-state index contributed by atoms with van der Waals surface area (Å²) in [4.78, 5) is 6.89. The molecule has 0 amide bonds. The van der Waals surface area contributed by atoms with Crippen molar-refractivity contribution in [2.24, 2.45) is 7.05 Å². The zero-order chi connectivity index (χ0) is 14.3. The molecular weight excluding hydrogens is 246 g/mol. The molecule has 3 nitrogen and oxygen atoms in total.